The Labute approximate surface area is 148 Å². The molecule has 130 valence electrons. The molecule has 0 spiro atoms. The lowest BCUT2D eigenvalue weighted by Gasteiger charge is -2.13. The van der Waals surface area contributed by atoms with Crippen molar-refractivity contribution in [2.75, 3.05) is 13.7 Å². The first-order chi connectivity index (χ1) is 12.1. The van der Waals surface area contributed by atoms with Crippen LogP contribution in [0, 0.1) is 0 Å². The number of thiophene rings is 1. The van der Waals surface area contributed by atoms with Gasteiger partial charge in [-0.05, 0) is 31.5 Å². The van der Waals surface area contributed by atoms with Crippen LogP contribution in [-0.2, 0) is 9.53 Å². The second kappa shape index (κ2) is 7.06. The number of fused-ring (bicyclic) bond motifs is 1. The molecule has 0 aliphatic rings. The van der Waals surface area contributed by atoms with Crippen molar-refractivity contribution in [1.29, 1.82) is 0 Å². The van der Waals surface area contributed by atoms with E-state index in [1.807, 2.05) is 29.6 Å². The lowest BCUT2D eigenvalue weighted by atomic mass is 10.1. The quantitative estimate of drug-likeness (QED) is 0.655. The SMILES string of the molecule is CCOC(=O)C(C)n1cnc2scc(-c3ccc(OC)cc3)c2c1=O. The molecule has 0 fully saturated rings. The Morgan fingerprint density at radius 1 is 1.32 bits per heavy atom. The van der Waals surface area contributed by atoms with Crippen LogP contribution >= 0.6 is 11.3 Å². The molecule has 2 aromatic heterocycles. The summed E-state index contributed by atoms with van der Waals surface area (Å²) in [4.78, 5) is 29.9. The highest BCUT2D eigenvalue weighted by Gasteiger charge is 2.21. The fourth-order valence-corrected chi connectivity index (χ4v) is 3.49. The number of esters is 1. The number of methoxy groups -OCH3 is 1. The zero-order valence-corrected chi connectivity index (χ0v) is 15.0. The molecular formula is C18H18N2O4S. The minimum absolute atomic E-state index is 0.252. The van der Waals surface area contributed by atoms with Crippen LogP contribution in [0.3, 0.4) is 0 Å². The summed E-state index contributed by atoms with van der Waals surface area (Å²) >= 11 is 1.40. The van der Waals surface area contributed by atoms with Crippen molar-refractivity contribution in [3.63, 3.8) is 0 Å². The monoisotopic (exact) mass is 358 g/mol. The molecule has 1 atom stereocenters. The first kappa shape index (κ1) is 17.2. The zero-order valence-electron chi connectivity index (χ0n) is 14.2. The molecule has 0 bridgehead atoms. The molecular weight excluding hydrogens is 340 g/mol. The van der Waals surface area contributed by atoms with E-state index in [0.717, 1.165) is 16.9 Å². The number of nitrogens with zero attached hydrogens (tertiary/aromatic N) is 2. The number of aromatic nitrogens is 2. The molecule has 3 aromatic rings. The molecule has 0 saturated carbocycles. The summed E-state index contributed by atoms with van der Waals surface area (Å²) in [7, 11) is 1.61. The number of hydrogen-bond acceptors (Lipinski definition) is 6. The van der Waals surface area contributed by atoms with E-state index in [-0.39, 0.29) is 12.2 Å². The Balaban J connectivity index is 2.11. The summed E-state index contributed by atoms with van der Waals surface area (Å²) in [5.41, 5.74) is 1.44. The van der Waals surface area contributed by atoms with Crippen LogP contribution < -0.4 is 10.3 Å². The first-order valence-electron chi connectivity index (χ1n) is 7.86. The Bertz CT molecular complexity index is 959. The van der Waals surface area contributed by atoms with Gasteiger partial charge in [0.05, 0.1) is 25.4 Å². The molecule has 7 heteroatoms. The average Bonchev–Trinajstić information content (AvgIpc) is 3.07. The van der Waals surface area contributed by atoms with E-state index in [2.05, 4.69) is 4.98 Å². The smallest absolute Gasteiger partial charge is 0.328 e. The highest BCUT2D eigenvalue weighted by atomic mass is 32.1. The minimum atomic E-state index is -0.729. The molecule has 0 amide bonds. The summed E-state index contributed by atoms with van der Waals surface area (Å²) in [5.74, 6) is 0.293. The van der Waals surface area contributed by atoms with Crippen LogP contribution in [-0.4, -0.2) is 29.2 Å². The van der Waals surface area contributed by atoms with Gasteiger partial charge in [-0.25, -0.2) is 9.78 Å². The molecule has 0 radical (unpaired) electrons. The number of hydrogen-bond donors (Lipinski definition) is 0. The zero-order chi connectivity index (χ0) is 18.0. The number of ether oxygens (including phenoxy) is 2. The van der Waals surface area contributed by atoms with E-state index >= 15 is 0 Å². The van der Waals surface area contributed by atoms with Crippen molar-refractivity contribution >= 4 is 27.5 Å². The van der Waals surface area contributed by atoms with E-state index < -0.39 is 12.0 Å². The van der Waals surface area contributed by atoms with Crippen LogP contribution in [0.1, 0.15) is 19.9 Å². The number of carbonyl (C=O) groups excluding carboxylic acids is 1. The summed E-state index contributed by atoms with van der Waals surface area (Å²) in [6, 6.07) is 6.75. The Hall–Kier alpha value is -2.67. The normalized spacial score (nSPS) is 12.1. The first-order valence-corrected chi connectivity index (χ1v) is 8.74. The van der Waals surface area contributed by atoms with Crippen molar-refractivity contribution in [3.05, 3.63) is 46.3 Å². The predicted molar refractivity (Wildman–Crippen MR) is 97.2 cm³/mol. The lowest BCUT2D eigenvalue weighted by Crippen LogP contribution is -2.29. The lowest BCUT2D eigenvalue weighted by molar-refractivity contribution is -0.146. The van der Waals surface area contributed by atoms with Gasteiger partial charge < -0.3 is 9.47 Å². The second-order valence-electron chi connectivity index (χ2n) is 5.44. The van der Waals surface area contributed by atoms with E-state index in [0.29, 0.717) is 10.2 Å². The van der Waals surface area contributed by atoms with Gasteiger partial charge in [-0.15, -0.1) is 11.3 Å². The van der Waals surface area contributed by atoms with Crippen LogP contribution in [0.4, 0.5) is 0 Å². The van der Waals surface area contributed by atoms with Crippen molar-refractivity contribution in [2.24, 2.45) is 0 Å². The molecule has 25 heavy (non-hydrogen) atoms. The van der Waals surface area contributed by atoms with Gasteiger partial charge in [-0.2, -0.15) is 0 Å². The molecule has 3 rings (SSSR count). The van der Waals surface area contributed by atoms with Gasteiger partial charge in [-0.3, -0.25) is 9.36 Å². The predicted octanol–water partition coefficient (Wildman–Crippen LogP) is 3.26. The third-order valence-corrected chi connectivity index (χ3v) is 4.85. The summed E-state index contributed by atoms with van der Waals surface area (Å²) in [6.45, 7) is 3.63. The number of benzene rings is 1. The van der Waals surface area contributed by atoms with Crippen molar-refractivity contribution < 1.29 is 14.3 Å². The largest absolute Gasteiger partial charge is 0.497 e. The number of rotatable bonds is 5. The third kappa shape index (κ3) is 3.15. The average molecular weight is 358 g/mol. The fraction of sp³-hybridized carbons (Fsp3) is 0.278. The van der Waals surface area contributed by atoms with Gasteiger partial charge in [0, 0.05) is 10.9 Å². The van der Waals surface area contributed by atoms with Crippen molar-refractivity contribution in [3.8, 4) is 16.9 Å². The molecule has 0 saturated heterocycles. The maximum absolute atomic E-state index is 13.0. The maximum atomic E-state index is 13.0. The van der Waals surface area contributed by atoms with E-state index in [1.54, 1.807) is 21.0 Å². The van der Waals surface area contributed by atoms with E-state index in [9.17, 15) is 9.59 Å². The maximum Gasteiger partial charge on any atom is 0.328 e. The Kier molecular flexibility index (Phi) is 4.85. The van der Waals surface area contributed by atoms with Crippen LogP contribution in [0.25, 0.3) is 21.3 Å². The van der Waals surface area contributed by atoms with Crippen molar-refractivity contribution in [2.45, 2.75) is 19.9 Å². The summed E-state index contributed by atoms with van der Waals surface area (Å²) in [6.07, 6.45) is 1.40. The van der Waals surface area contributed by atoms with Gasteiger partial charge in [0.2, 0.25) is 0 Å². The topological polar surface area (TPSA) is 70.4 Å². The molecule has 0 aliphatic heterocycles. The van der Waals surface area contributed by atoms with Crippen LogP contribution in [0.2, 0.25) is 0 Å². The third-order valence-electron chi connectivity index (χ3n) is 3.97. The molecule has 1 unspecified atom stereocenters. The van der Waals surface area contributed by atoms with Crippen molar-refractivity contribution in [1.82, 2.24) is 9.55 Å². The van der Waals surface area contributed by atoms with Gasteiger partial charge >= 0.3 is 5.97 Å². The van der Waals surface area contributed by atoms with Crippen LogP contribution in [0.5, 0.6) is 5.75 Å². The highest BCUT2D eigenvalue weighted by Crippen LogP contribution is 2.31. The second-order valence-corrected chi connectivity index (χ2v) is 6.30. The van der Waals surface area contributed by atoms with Crippen LogP contribution in [0.15, 0.2) is 40.8 Å². The minimum Gasteiger partial charge on any atom is -0.497 e. The molecule has 0 N–H and O–H groups in total. The number of carbonyl (C=O) groups is 1. The Morgan fingerprint density at radius 3 is 2.68 bits per heavy atom. The highest BCUT2D eigenvalue weighted by molar-refractivity contribution is 7.17. The van der Waals surface area contributed by atoms with E-state index in [1.165, 1.54) is 22.2 Å². The van der Waals surface area contributed by atoms with Gasteiger partial charge in [0.25, 0.3) is 5.56 Å². The Morgan fingerprint density at radius 2 is 2.04 bits per heavy atom. The van der Waals surface area contributed by atoms with Gasteiger partial charge in [0.15, 0.2) is 0 Å². The van der Waals surface area contributed by atoms with Gasteiger partial charge in [-0.1, -0.05) is 12.1 Å². The standard InChI is InChI=1S/C18H18N2O4S/c1-4-24-18(22)11(2)20-10-19-16-15(17(20)21)14(9-25-16)12-5-7-13(23-3)8-6-12/h5-11H,4H2,1-3H3. The summed E-state index contributed by atoms with van der Waals surface area (Å²) < 4.78 is 11.5. The summed E-state index contributed by atoms with van der Waals surface area (Å²) in [5, 5.41) is 2.41. The van der Waals surface area contributed by atoms with E-state index in [4.69, 9.17) is 9.47 Å². The molecule has 2 heterocycles. The molecule has 6 nitrogen and oxygen atoms in total. The molecule has 0 aliphatic carbocycles. The van der Waals surface area contributed by atoms with Gasteiger partial charge in [0.1, 0.15) is 16.6 Å². The molecule has 1 aromatic carbocycles. The fourth-order valence-electron chi connectivity index (χ4n) is 2.58.